The summed E-state index contributed by atoms with van der Waals surface area (Å²) in [6.07, 6.45) is 1.72. The minimum atomic E-state index is -0.400. The van der Waals surface area contributed by atoms with Crippen LogP contribution in [0.4, 0.5) is 4.79 Å². The zero-order valence-corrected chi connectivity index (χ0v) is 21.0. The topological polar surface area (TPSA) is 77.1 Å². The molecule has 2 bridgehead atoms. The van der Waals surface area contributed by atoms with Crippen LogP contribution >= 0.6 is 11.3 Å². The highest BCUT2D eigenvalue weighted by Crippen LogP contribution is 2.31. The molecular weight excluding hydrogens is 476 g/mol. The summed E-state index contributed by atoms with van der Waals surface area (Å²) in [7, 11) is 1.37. The number of thiophene rings is 1. The van der Waals surface area contributed by atoms with Gasteiger partial charge in [-0.25, -0.2) is 9.59 Å². The van der Waals surface area contributed by atoms with Crippen LogP contribution in [-0.4, -0.2) is 49.8 Å². The van der Waals surface area contributed by atoms with Crippen molar-refractivity contribution in [2.24, 2.45) is 5.92 Å². The van der Waals surface area contributed by atoms with Crippen LogP contribution in [0.25, 0.3) is 0 Å². The van der Waals surface area contributed by atoms with Gasteiger partial charge in [0.05, 0.1) is 13.2 Å². The smallest absolute Gasteiger partial charge is 0.408 e. The first-order valence-corrected chi connectivity index (χ1v) is 13.0. The predicted molar refractivity (Wildman–Crippen MR) is 137 cm³/mol. The molecule has 6 rings (SSSR count). The monoisotopic (exact) mass is 506 g/mol. The molecule has 3 fully saturated rings. The summed E-state index contributed by atoms with van der Waals surface area (Å²) in [6.45, 7) is 3.34. The molecule has 1 N–H and O–H groups in total. The molecular formula is C28H30N2O5S. The molecule has 2 aromatic carbocycles. The van der Waals surface area contributed by atoms with Gasteiger partial charge < -0.3 is 19.5 Å². The lowest BCUT2D eigenvalue weighted by Gasteiger charge is -2.43. The largest absolute Gasteiger partial charge is 0.488 e. The number of nitrogens with one attached hydrogen (secondary N) is 1. The Bertz CT molecular complexity index is 1190. The Morgan fingerprint density at radius 2 is 1.81 bits per heavy atom. The quantitative estimate of drug-likeness (QED) is 0.432. The Morgan fingerprint density at radius 1 is 1.03 bits per heavy atom. The maximum Gasteiger partial charge on any atom is 0.408 e. The van der Waals surface area contributed by atoms with Crippen molar-refractivity contribution in [3.05, 3.63) is 87.6 Å². The van der Waals surface area contributed by atoms with Crippen LogP contribution in [0, 0.1) is 5.92 Å². The second kappa shape index (κ2) is 11.1. The van der Waals surface area contributed by atoms with Crippen molar-refractivity contribution in [3.8, 4) is 5.75 Å². The van der Waals surface area contributed by atoms with E-state index in [9.17, 15) is 9.59 Å². The van der Waals surface area contributed by atoms with Gasteiger partial charge in [0.2, 0.25) is 0 Å². The lowest BCUT2D eigenvalue weighted by atomic mass is 9.86. The van der Waals surface area contributed by atoms with E-state index in [0.29, 0.717) is 23.2 Å². The molecule has 188 valence electrons. The van der Waals surface area contributed by atoms with Gasteiger partial charge in [0.1, 0.15) is 23.3 Å². The number of fused-ring (bicyclic) bond motifs is 3. The van der Waals surface area contributed by atoms with E-state index in [1.54, 1.807) is 6.07 Å². The summed E-state index contributed by atoms with van der Waals surface area (Å²) in [4.78, 5) is 28.5. The highest BCUT2D eigenvalue weighted by Gasteiger charge is 2.36. The molecule has 0 aliphatic carbocycles. The van der Waals surface area contributed by atoms with E-state index in [0.717, 1.165) is 48.5 Å². The maximum atomic E-state index is 13.0. The van der Waals surface area contributed by atoms with Gasteiger partial charge in [-0.15, -0.1) is 11.3 Å². The normalized spacial score (nSPS) is 21.4. The van der Waals surface area contributed by atoms with Crippen LogP contribution in [0.3, 0.4) is 0 Å². The number of rotatable bonds is 8. The average molecular weight is 507 g/mol. The maximum absolute atomic E-state index is 13.0. The zero-order chi connectivity index (χ0) is 24.9. The summed E-state index contributed by atoms with van der Waals surface area (Å²) >= 11 is 1.35. The fraction of sp³-hybridized carbons (Fsp3) is 0.357. The predicted octanol–water partition coefficient (Wildman–Crippen LogP) is 5.02. The third-order valence-corrected chi connectivity index (χ3v) is 7.91. The van der Waals surface area contributed by atoms with Crippen LogP contribution in [0.5, 0.6) is 5.75 Å². The summed E-state index contributed by atoms with van der Waals surface area (Å²) in [6, 6.07) is 20.8. The number of benzene rings is 2. The molecule has 3 saturated heterocycles. The Kier molecular flexibility index (Phi) is 7.53. The Balaban J connectivity index is 1.28. The van der Waals surface area contributed by atoms with Gasteiger partial charge in [-0.3, -0.25) is 4.90 Å². The third-order valence-electron chi connectivity index (χ3n) is 6.87. The molecule has 4 heterocycles. The number of alkyl carbamates (subject to hydrolysis) is 1. The molecule has 1 amide bonds. The summed E-state index contributed by atoms with van der Waals surface area (Å²) in [5.74, 6) is 0.772. The van der Waals surface area contributed by atoms with Crippen LogP contribution in [0.1, 0.15) is 44.6 Å². The van der Waals surface area contributed by atoms with Gasteiger partial charge in [0.25, 0.3) is 0 Å². The van der Waals surface area contributed by atoms with E-state index in [2.05, 4.69) is 10.2 Å². The van der Waals surface area contributed by atoms with Crippen LogP contribution in [0.15, 0.2) is 66.7 Å². The summed E-state index contributed by atoms with van der Waals surface area (Å²) in [5.41, 5.74) is 1.85. The highest BCUT2D eigenvalue weighted by molar-refractivity contribution is 7.13. The van der Waals surface area contributed by atoms with Crippen molar-refractivity contribution in [2.45, 2.75) is 31.6 Å². The molecule has 3 aliphatic rings. The molecule has 0 radical (unpaired) electrons. The van der Waals surface area contributed by atoms with Crippen molar-refractivity contribution in [1.82, 2.24) is 10.2 Å². The lowest BCUT2D eigenvalue weighted by molar-refractivity contribution is -0.0336. The number of methoxy groups -OCH3 is 1. The van der Waals surface area contributed by atoms with Crippen LogP contribution in [-0.2, 0) is 16.1 Å². The van der Waals surface area contributed by atoms with E-state index < -0.39 is 6.09 Å². The Morgan fingerprint density at radius 3 is 2.53 bits per heavy atom. The second-order valence-electron chi connectivity index (χ2n) is 9.19. The van der Waals surface area contributed by atoms with E-state index in [4.69, 9.17) is 14.2 Å². The first-order chi connectivity index (χ1) is 17.6. The van der Waals surface area contributed by atoms with Gasteiger partial charge in [-0.1, -0.05) is 42.5 Å². The number of hydrogen-bond donors (Lipinski definition) is 1. The number of carbonyl (C=O) groups excluding carboxylic acids is 2. The van der Waals surface area contributed by atoms with Gasteiger partial charge in [-0.05, 0) is 67.2 Å². The van der Waals surface area contributed by atoms with Crippen molar-refractivity contribution in [3.63, 3.8) is 0 Å². The molecule has 0 spiro atoms. The number of hydrogen-bond acceptors (Lipinski definition) is 7. The molecule has 0 saturated carbocycles. The van der Waals surface area contributed by atoms with Crippen molar-refractivity contribution in [1.29, 1.82) is 0 Å². The number of piperidine rings is 3. The van der Waals surface area contributed by atoms with E-state index in [-0.39, 0.29) is 18.1 Å². The summed E-state index contributed by atoms with van der Waals surface area (Å²) in [5, 5.41) is 3.10. The molecule has 7 nitrogen and oxygen atoms in total. The SMILES string of the molecule is COC(=O)c1ccc(COc2cccc(C(NC(=O)O[C@H]3CN4CCC3CC4)c3ccccc3)c2)s1. The van der Waals surface area contributed by atoms with Crippen LogP contribution in [0.2, 0.25) is 0 Å². The molecule has 3 aromatic rings. The zero-order valence-electron chi connectivity index (χ0n) is 20.2. The minimum Gasteiger partial charge on any atom is -0.488 e. The fourth-order valence-electron chi connectivity index (χ4n) is 4.94. The lowest BCUT2D eigenvalue weighted by Crippen LogP contribution is -2.52. The number of nitrogens with zero attached hydrogens (tertiary/aromatic N) is 1. The number of ether oxygens (including phenoxy) is 3. The Labute approximate surface area is 215 Å². The van der Waals surface area contributed by atoms with Crippen molar-refractivity contribution < 1.29 is 23.8 Å². The van der Waals surface area contributed by atoms with Gasteiger partial charge in [0, 0.05) is 11.4 Å². The molecule has 3 aliphatic heterocycles. The number of esters is 1. The molecule has 8 heteroatoms. The average Bonchev–Trinajstić information content (AvgIpc) is 3.41. The van der Waals surface area contributed by atoms with E-state index in [1.165, 1.54) is 18.4 Å². The summed E-state index contributed by atoms with van der Waals surface area (Å²) < 4.78 is 16.7. The highest BCUT2D eigenvalue weighted by atomic mass is 32.1. The van der Waals surface area contributed by atoms with E-state index >= 15 is 0 Å². The molecule has 1 unspecified atom stereocenters. The number of amides is 1. The number of carbonyl (C=O) groups is 2. The fourth-order valence-corrected chi connectivity index (χ4v) is 5.78. The standard InChI is InChI=1S/C28H30N2O5S/c1-33-27(31)25-11-10-23(36-25)18-34-22-9-5-8-21(16-22)26(20-6-3-2-4-7-20)29-28(32)35-24-17-30-14-12-19(24)13-15-30/h2-11,16,19,24,26H,12-15,17-18H2,1H3,(H,29,32)/t24-,26?/m0/s1. The minimum absolute atomic E-state index is 0.0562. The molecule has 2 atom stereocenters. The molecule has 1 aromatic heterocycles. The Hall–Kier alpha value is -3.36. The molecule has 36 heavy (non-hydrogen) atoms. The first-order valence-electron chi connectivity index (χ1n) is 12.2. The van der Waals surface area contributed by atoms with Crippen LogP contribution < -0.4 is 10.1 Å². The van der Waals surface area contributed by atoms with Gasteiger partial charge in [-0.2, -0.15) is 0 Å². The van der Waals surface area contributed by atoms with Gasteiger partial charge >= 0.3 is 12.1 Å². The van der Waals surface area contributed by atoms with E-state index in [1.807, 2.05) is 60.7 Å². The first kappa shape index (κ1) is 24.3. The third kappa shape index (κ3) is 5.71. The van der Waals surface area contributed by atoms with Crippen molar-refractivity contribution >= 4 is 23.4 Å². The van der Waals surface area contributed by atoms with Crippen molar-refractivity contribution in [2.75, 3.05) is 26.7 Å². The van der Waals surface area contributed by atoms with Gasteiger partial charge in [0.15, 0.2) is 0 Å². The second-order valence-corrected chi connectivity index (χ2v) is 10.4.